The number of nitrogens with one attached hydrogen (secondary N) is 1. The van der Waals surface area contributed by atoms with E-state index in [1.807, 2.05) is 35.7 Å². The minimum Gasteiger partial charge on any atom is -0.380 e. The van der Waals surface area contributed by atoms with Gasteiger partial charge in [-0.2, -0.15) is 0 Å². The number of methoxy groups -OCH3 is 1. The fourth-order valence-electron chi connectivity index (χ4n) is 2.16. The Bertz CT molecular complexity index is 877. The highest BCUT2D eigenvalue weighted by atomic mass is 32.1. The highest BCUT2D eigenvalue weighted by Gasteiger charge is 2.11. The van der Waals surface area contributed by atoms with Crippen molar-refractivity contribution in [2.24, 2.45) is 0 Å². The molecule has 3 rings (SSSR count). The van der Waals surface area contributed by atoms with E-state index in [2.05, 4.69) is 4.98 Å². The van der Waals surface area contributed by atoms with Gasteiger partial charge in [-0.15, -0.1) is 11.3 Å². The lowest BCUT2D eigenvalue weighted by molar-refractivity contribution is 0.184. The first-order chi connectivity index (χ1) is 9.72. The van der Waals surface area contributed by atoms with Gasteiger partial charge < -0.3 is 9.72 Å². The third-order valence-corrected chi connectivity index (χ3v) is 4.23. The van der Waals surface area contributed by atoms with Gasteiger partial charge in [0.25, 0.3) is 5.56 Å². The normalized spacial score (nSPS) is 11.1. The summed E-state index contributed by atoms with van der Waals surface area (Å²) in [5.41, 5.74) is 2.37. The number of benzene rings is 1. The Labute approximate surface area is 124 Å². The molecule has 0 saturated heterocycles. The smallest absolute Gasteiger partial charge is 0.276 e. The molecular formula is C14H12N2O2S2. The van der Waals surface area contributed by atoms with E-state index in [0.29, 0.717) is 16.1 Å². The number of fused-ring (bicyclic) bond motifs is 1. The molecule has 3 aromatic rings. The molecule has 0 aliphatic carbocycles. The van der Waals surface area contributed by atoms with Crippen LogP contribution in [0.3, 0.4) is 0 Å². The van der Waals surface area contributed by atoms with E-state index in [1.54, 1.807) is 7.11 Å². The summed E-state index contributed by atoms with van der Waals surface area (Å²) in [4.78, 5) is 15.7. The van der Waals surface area contributed by atoms with Crippen molar-refractivity contribution in [1.29, 1.82) is 0 Å². The highest BCUT2D eigenvalue weighted by molar-refractivity contribution is 7.71. The van der Waals surface area contributed by atoms with Crippen molar-refractivity contribution in [3.63, 3.8) is 0 Å². The molecule has 0 aliphatic heterocycles. The van der Waals surface area contributed by atoms with Crippen LogP contribution in [0.25, 0.3) is 15.9 Å². The zero-order valence-electron chi connectivity index (χ0n) is 10.8. The van der Waals surface area contributed by atoms with Crippen LogP contribution in [-0.2, 0) is 11.3 Å². The molecule has 20 heavy (non-hydrogen) atoms. The molecule has 102 valence electrons. The molecule has 4 nitrogen and oxygen atoms in total. The zero-order chi connectivity index (χ0) is 14.1. The number of H-pyrrole nitrogens is 1. The number of thiophene rings is 1. The summed E-state index contributed by atoms with van der Waals surface area (Å²) in [6, 6.07) is 9.47. The van der Waals surface area contributed by atoms with Crippen molar-refractivity contribution < 1.29 is 4.74 Å². The molecule has 1 N–H and O–H groups in total. The second-order valence-electron chi connectivity index (χ2n) is 4.30. The monoisotopic (exact) mass is 304 g/mol. The Balaban J connectivity index is 2.35. The Morgan fingerprint density at radius 2 is 2.15 bits per heavy atom. The van der Waals surface area contributed by atoms with Gasteiger partial charge in [0.1, 0.15) is 4.70 Å². The van der Waals surface area contributed by atoms with Gasteiger partial charge in [0.2, 0.25) is 0 Å². The van der Waals surface area contributed by atoms with Gasteiger partial charge in [-0.3, -0.25) is 9.36 Å². The maximum atomic E-state index is 12.6. The third kappa shape index (κ3) is 2.11. The van der Waals surface area contributed by atoms with Gasteiger partial charge in [-0.05, 0) is 29.7 Å². The molecule has 0 aliphatic rings. The molecule has 0 unspecified atom stereocenters. The van der Waals surface area contributed by atoms with E-state index in [0.717, 1.165) is 16.8 Å². The number of hydrogen-bond acceptors (Lipinski definition) is 4. The standard InChI is InChI=1S/C14H12N2O2S2/c1-18-8-9-4-2-3-5-11(9)16-13(17)12-10(6-7-20-12)15-14(16)19/h2-7H,8H2,1H3,(H,15,19). The van der Waals surface area contributed by atoms with E-state index in [-0.39, 0.29) is 5.56 Å². The Hall–Kier alpha value is -1.76. The number of aromatic amines is 1. The summed E-state index contributed by atoms with van der Waals surface area (Å²) in [5, 5.41) is 1.88. The van der Waals surface area contributed by atoms with Crippen LogP contribution in [0.15, 0.2) is 40.5 Å². The minimum absolute atomic E-state index is 0.0951. The summed E-state index contributed by atoms with van der Waals surface area (Å²) in [6.45, 7) is 0.430. The number of rotatable bonds is 3. The first-order valence-corrected chi connectivity index (χ1v) is 7.31. The molecule has 0 radical (unpaired) electrons. The lowest BCUT2D eigenvalue weighted by Gasteiger charge is -2.11. The van der Waals surface area contributed by atoms with E-state index in [4.69, 9.17) is 17.0 Å². The van der Waals surface area contributed by atoms with Gasteiger partial charge in [0, 0.05) is 12.7 Å². The molecule has 6 heteroatoms. The van der Waals surface area contributed by atoms with Crippen LogP contribution in [0.5, 0.6) is 0 Å². The fourth-order valence-corrected chi connectivity index (χ4v) is 3.23. The lowest BCUT2D eigenvalue weighted by Crippen LogP contribution is -2.20. The topological polar surface area (TPSA) is 47.0 Å². The second-order valence-corrected chi connectivity index (χ2v) is 5.60. The van der Waals surface area contributed by atoms with Gasteiger partial charge >= 0.3 is 0 Å². The average molecular weight is 304 g/mol. The van der Waals surface area contributed by atoms with Gasteiger partial charge in [0.05, 0.1) is 17.8 Å². The van der Waals surface area contributed by atoms with E-state index in [9.17, 15) is 4.79 Å². The van der Waals surface area contributed by atoms with Crippen molar-refractivity contribution in [3.8, 4) is 5.69 Å². The molecule has 2 heterocycles. The first kappa shape index (κ1) is 13.2. The molecule has 0 amide bonds. The summed E-state index contributed by atoms with van der Waals surface area (Å²) >= 11 is 6.74. The van der Waals surface area contributed by atoms with E-state index in [1.165, 1.54) is 15.9 Å². The number of aromatic nitrogens is 2. The van der Waals surface area contributed by atoms with Crippen molar-refractivity contribution >= 4 is 33.8 Å². The number of hydrogen-bond donors (Lipinski definition) is 1. The van der Waals surface area contributed by atoms with Crippen LogP contribution in [0.2, 0.25) is 0 Å². The van der Waals surface area contributed by atoms with Gasteiger partial charge in [0.15, 0.2) is 4.77 Å². The predicted molar refractivity (Wildman–Crippen MR) is 83.3 cm³/mol. The zero-order valence-corrected chi connectivity index (χ0v) is 12.4. The van der Waals surface area contributed by atoms with Gasteiger partial charge in [-0.1, -0.05) is 18.2 Å². The van der Waals surface area contributed by atoms with Crippen LogP contribution in [0.4, 0.5) is 0 Å². The number of para-hydroxylation sites is 1. The Morgan fingerprint density at radius 1 is 1.35 bits per heavy atom. The van der Waals surface area contributed by atoms with Crippen molar-refractivity contribution in [2.45, 2.75) is 6.61 Å². The number of nitrogens with zero attached hydrogens (tertiary/aromatic N) is 1. The average Bonchev–Trinajstić information content (AvgIpc) is 2.89. The molecule has 0 spiro atoms. The molecule has 0 fully saturated rings. The Morgan fingerprint density at radius 3 is 2.95 bits per heavy atom. The molecule has 0 bridgehead atoms. The predicted octanol–water partition coefficient (Wildman–Crippen LogP) is 3.26. The highest BCUT2D eigenvalue weighted by Crippen LogP contribution is 2.18. The molecule has 0 atom stereocenters. The minimum atomic E-state index is -0.0951. The van der Waals surface area contributed by atoms with E-state index < -0.39 is 0 Å². The first-order valence-electron chi connectivity index (χ1n) is 6.02. The fraction of sp³-hybridized carbons (Fsp3) is 0.143. The summed E-state index contributed by atoms with van der Waals surface area (Å²) < 4.78 is 7.78. The summed E-state index contributed by atoms with van der Waals surface area (Å²) in [6.07, 6.45) is 0. The van der Waals surface area contributed by atoms with Crippen LogP contribution >= 0.6 is 23.6 Å². The third-order valence-electron chi connectivity index (χ3n) is 3.04. The van der Waals surface area contributed by atoms with Crippen LogP contribution in [0.1, 0.15) is 5.56 Å². The van der Waals surface area contributed by atoms with Gasteiger partial charge in [-0.25, -0.2) is 0 Å². The number of ether oxygens (including phenoxy) is 1. The van der Waals surface area contributed by atoms with Crippen LogP contribution < -0.4 is 5.56 Å². The quantitative estimate of drug-likeness (QED) is 0.756. The molecule has 1 aromatic carbocycles. The summed E-state index contributed by atoms with van der Waals surface area (Å²) in [7, 11) is 1.63. The van der Waals surface area contributed by atoms with Crippen LogP contribution in [-0.4, -0.2) is 16.7 Å². The molecule has 2 aromatic heterocycles. The largest absolute Gasteiger partial charge is 0.380 e. The molecule has 0 saturated carbocycles. The molecular weight excluding hydrogens is 292 g/mol. The summed E-state index contributed by atoms with van der Waals surface area (Å²) in [5.74, 6) is 0. The SMILES string of the molecule is COCc1ccccc1-n1c(=S)[nH]c2ccsc2c1=O. The Kier molecular flexibility index (Phi) is 3.52. The van der Waals surface area contributed by atoms with Crippen molar-refractivity contribution in [2.75, 3.05) is 7.11 Å². The van der Waals surface area contributed by atoms with Crippen LogP contribution in [0, 0.1) is 4.77 Å². The van der Waals surface area contributed by atoms with E-state index >= 15 is 0 Å². The van der Waals surface area contributed by atoms with Crippen molar-refractivity contribution in [1.82, 2.24) is 9.55 Å². The van der Waals surface area contributed by atoms with Crippen molar-refractivity contribution in [3.05, 3.63) is 56.4 Å². The second kappa shape index (κ2) is 5.32. The maximum absolute atomic E-state index is 12.6. The maximum Gasteiger partial charge on any atom is 0.276 e. The lowest BCUT2D eigenvalue weighted by atomic mass is 10.2.